The molecule has 1 heterocycles. The summed E-state index contributed by atoms with van der Waals surface area (Å²) < 4.78 is 10.5. The van der Waals surface area contributed by atoms with Gasteiger partial charge in [0.05, 0.1) is 13.7 Å². The normalized spacial score (nSPS) is 14.9. The van der Waals surface area contributed by atoms with Gasteiger partial charge in [0.25, 0.3) is 5.91 Å². The van der Waals surface area contributed by atoms with Crippen molar-refractivity contribution in [3.05, 3.63) is 28.3 Å². The van der Waals surface area contributed by atoms with Crippen molar-refractivity contribution in [3.63, 3.8) is 0 Å². The summed E-state index contributed by atoms with van der Waals surface area (Å²) in [6, 6.07) is 1.90. The molecule has 0 saturated carbocycles. The Balaban J connectivity index is 2.17. The van der Waals surface area contributed by atoms with Crippen LogP contribution in [-0.4, -0.2) is 61.7 Å². The minimum atomic E-state index is -0.302. The standard InChI is InChI=1S/C19H28N2O4/c1-6-25-19(23)21-9-7-8-20(10-11-21)18(22)16-12-13(2)17(24-5)15(4)14(16)3/h12H,6-11H2,1-5H3. The second kappa shape index (κ2) is 8.23. The van der Waals surface area contributed by atoms with Gasteiger partial charge in [0.15, 0.2) is 0 Å². The summed E-state index contributed by atoms with van der Waals surface area (Å²) in [7, 11) is 1.65. The van der Waals surface area contributed by atoms with E-state index in [0.29, 0.717) is 38.3 Å². The lowest BCUT2D eigenvalue weighted by molar-refractivity contribution is 0.0752. The number of nitrogens with zero attached hydrogens (tertiary/aromatic N) is 2. The van der Waals surface area contributed by atoms with Crippen LogP contribution in [0.1, 0.15) is 40.4 Å². The van der Waals surface area contributed by atoms with Crippen LogP contribution in [0.3, 0.4) is 0 Å². The molecule has 0 N–H and O–H groups in total. The third-order valence-electron chi connectivity index (χ3n) is 4.77. The summed E-state index contributed by atoms with van der Waals surface area (Å²) in [4.78, 5) is 28.4. The van der Waals surface area contributed by atoms with E-state index in [2.05, 4.69) is 0 Å². The number of benzene rings is 1. The molecule has 2 rings (SSSR count). The van der Waals surface area contributed by atoms with Crippen molar-refractivity contribution in [2.75, 3.05) is 39.9 Å². The highest BCUT2D eigenvalue weighted by Crippen LogP contribution is 2.29. The van der Waals surface area contributed by atoms with Gasteiger partial charge >= 0.3 is 6.09 Å². The number of rotatable bonds is 3. The van der Waals surface area contributed by atoms with Crippen LogP contribution in [0.25, 0.3) is 0 Å². The summed E-state index contributed by atoms with van der Waals surface area (Å²) in [6.07, 6.45) is 0.446. The first-order valence-corrected chi connectivity index (χ1v) is 8.76. The van der Waals surface area contributed by atoms with Crippen LogP contribution in [0.15, 0.2) is 6.07 Å². The number of hydrogen-bond donors (Lipinski definition) is 0. The largest absolute Gasteiger partial charge is 0.496 e. The third-order valence-corrected chi connectivity index (χ3v) is 4.77. The molecular weight excluding hydrogens is 320 g/mol. The van der Waals surface area contributed by atoms with Gasteiger partial charge in [-0.05, 0) is 56.9 Å². The molecule has 1 saturated heterocycles. The van der Waals surface area contributed by atoms with Crippen LogP contribution in [-0.2, 0) is 4.74 Å². The molecule has 1 aliphatic heterocycles. The maximum absolute atomic E-state index is 13.0. The molecule has 2 amide bonds. The molecular formula is C19H28N2O4. The maximum atomic E-state index is 13.0. The van der Waals surface area contributed by atoms with Gasteiger partial charge < -0.3 is 19.3 Å². The van der Waals surface area contributed by atoms with Crippen molar-refractivity contribution in [1.29, 1.82) is 0 Å². The zero-order valence-corrected chi connectivity index (χ0v) is 15.8. The number of aryl methyl sites for hydroxylation is 1. The molecule has 1 aliphatic rings. The highest BCUT2D eigenvalue weighted by Gasteiger charge is 2.25. The summed E-state index contributed by atoms with van der Waals surface area (Å²) >= 11 is 0. The fourth-order valence-corrected chi connectivity index (χ4v) is 3.28. The third kappa shape index (κ3) is 4.06. The highest BCUT2D eigenvalue weighted by atomic mass is 16.6. The van der Waals surface area contributed by atoms with Crippen molar-refractivity contribution in [2.24, 2.45) is 0 Å². The summed E-state index contributed by atoms with van der Waals surface area (Å²) in [6.45, 7) is 10.3. The Morgan fingerprint density at radius 1 is 1.04 bits per heavy atom. The SMILES string of the molecule is CCOC(=O)N1CCCN(C(=O)c2cc(C)c(OC)c(C)c2C)CC1. The lowest BCUT2D eigenvalue weighted by Gasteiger charge is -2.23. The Bertz CT molecular complexity index is 657. The molecule has 138 valence electrons. The zero-order chi connectivity index (χ0) is 18.6. The number of hydrogen-bond acceptors (Lipinski definition) is 4. The fourth-order valence-electron chi connectivity index (χ4n) is 3.28. The van der Waals surface area contributed by atoms with Crippen molar-refractivity contribution in [1.82, 2.24) is 9.80 Å². The van der Waals surface area contributed by atoms with Crippen LogP contribution in [0.5, 0.6) is 5.75 Å². The predicted molar refractivity (Wildman–Crippen MR) is 96.3 cm³/mol. The van der Waals surface area contributed by atoms with Crippen LogP contribution in [0, 0.1) is 20.8 Å². The van der Waals surface area contributed by atoms with Crippen LogP contribution >= 0.6 is 0 Å². The molecule has 0 unspecified atom stereocenters. The highest BCUT2D eigenvalue weighted by molar-refractivity contribution is 5.96. The van der Waals surface area contributed by atoms with Crippen LogP contribution in [0.2, 0.25) is 0 Å². The lowest BCUT2D eigenvalue weighted by Crippen LogP contribution is -2.37. The molecule has 0 radical (unpaired) electrons. The van der Waals surface area contributed by atoms with E-state index < -0.39 is 0 Å². The average Bonchev–Trinajstić information content (AvgIpc) is 2.84. The van der Waals surface area contributed by atoms with Gasteiger partial charge in [-0.15, -0.1) is 0 Å². The minimum absolute atomic E-state index is 0.0112. The fraction of sp³-hybridized carbons (Fsp3) is 0.579. The van der Waals surface area contributed by atoms with E-state index in [9.17, 15) is 9.59 Å². The van der Waals surface area contributed by atoms with Crippen molar-refractivity contribution in [2.45, 2.75) is 34.1 Å². The number of methoxy groups -OCH3 is 1. The monoisotopic (exact) mass is 348 g/mol. The van der Waals surface area contributed by atoms with Crippen molar-refractivity contribution < 1.29 is 19.1 Å². The van der Waals surface area contributed by atoms with E-state index in [1.807, 2.05) is 31.7 Å². The average molecular weight is 348 g/mol. The van der Waals surface area contributed by atoms with Crippen molar-refractivity contribution in [3.8, 4) is 5.75 Å². The Labute approximate surface area is 149 Å². The van der Waals surface area contributed by atoms with E-state index in [1.165, 1.54) is 0 Å². The molecule has 25 heavy (non-hydrogen) atoms. The zero-order valence-electron chi connectivity index (χ0n) is 15.8. The summed E-state index contributed by atoms with van der Waals surface area (Å²) in [5.74, 6) is 0.843. The summed E-state index contributed by atoms with van der Waals surface area (Å²) in [5.41, 5.74) is 3.60. The smallest absolute Gasteiger partial charge is 0.409 e. The van der Waals surface area contributed by atoms with E-state index in [1.54, 1.807) is 18.9 Å². The molecule has 1 aromatic carbocycles. The van der Waals surface area contributed by atoms with Gasteiger partial charge in [0.2, 0.25) is 0 Å². The Morgan fingerprint density at radius 2 is 1.68 bits per heavy atom. The van der Waals surface area contributed by atoms with Crippen LogP contribution in [0.4, 0.5) is 4.79 Å². The quantitative estimate of drug-likeness (QED) is 0.843. The Kier molecular flexibility index (Phi) is 6.28. The van der Waals surface area contributed by atoms with E-state index >= 15 is 0 Å². The van der Waals surface area contributed by atoms with E-state index in [0.717, 1.165) is 28.9 Å². The summed E-state index contributed by atoms with van der Waals surface area (Å²) in [5, 5.41) is 0. The molecule has 0 bridgehead atoms. The number of amides is 2. The van der Waals surface area contributed by atoms with E-state index in [-0.39, 0.29) is 12.0 Å². The topological polar surface area (TPSA) is 59.1 Å². The Hall–Kier alpha value is -2.24. The minimum Gasteiger partial charge on any atom is -0.496 e. The van der Waals surface area contributed by atoms with Gasteiger partial charge in [-0.1, -0.05) is 0 Å². The molecule has 0 spiro atoms. The van der Waals surface area contributed by atoms with Gasteiger partial charge in [0.1, 0.15) is 5.75 Å². The number of carbonyl (C=O) groups is 2. The lowest BCUT2D eigenvalue weighted by atomic mass is 9.97. The van der Waals surface area contributed by atoms with Gasteiger partial charge in [-0.2, -0.15) is 0 Å². The van der Waals surface area contributed by atoms with Crippen molar-refractivity contribution >= 4 is 12.0 Å². The molecule has 1 fully saturated rings. The second-order valence-corrected chi connectivity index (χ2v) is 6.36. The van der Waals surface area contributed by atoms with E-state index in [4.69, 9.17) is 9.47 Å². The van der Waals surface area contributed by atoms with Gasteiger partial charge in [0, 0.05) is 31.7 Å². The molecule has 6 nitrogen and oxygen atoms in total. The molecule has 0 aromatic heterocycles. The van der Waals surface area contributed by atoms with Gasteiger partial charge in [-0.3, -0.25) is 4.79 Å². The first-order chi connectivity index (χ1) is 11.9. The number of ether oxygens (including phenoxy) is 2. The first-order valence-electron chi connectivity index (χ1n) is 8.76. The molecule has 0 aliphatic carbocycles. The maximum Gasteiger partial charge on any atom is 0.409 e. The van der Waals surface area contributed by atoms with Gasteiger partial charge in [-0.25, -0.2) is 4.79 Å². The molecule has 1 aromatic rings. The molecule has 0 atom stereocenters. The Morgan fingerprint density at radius 3 is 2.32 bits per heavy atom. The molecule has 6 heteroatoms. The van der Waals surface area contributed by atoms with Crippen LogP contribution < -0.4 is 4.74 Å². The number of carbonyl (C=O) groups excluding carboxylic acids is 2. The second-order valence-electron chi connectivity index (χ2n) is 6.36. The first kappa shape index (κ1) is 19.1. The predicted octanol–water partition coefficient (Wildman–Crippen LogP) is 2.92.